The van der Waals surface area contributed by atoms with Gasteiger partial charge < -0.3 is 4.74 Å². The van der Waals surface area contributed by atoms with Gasteiger partial charge in [0.1, 0.15) is 16.1 Å². The molecule has 1 aliphatic heterocycles. The van der Waals surface area contributed by atoms with Gasteiger partial charge in [-0.1, -0.05) is 25.1 Å². The number of nitrogens with zero attached hydrogens (tertiary/aromatic N) is 1. The van der Waals surface area contributed by atoms with Crippen LogP contribution in [0.2, 0.25) is 0 Å². The van der Waals surface area contributed by atoms with E-state index >= 15 is 0 Å². The van der Waals surface area contributed by atoms with Gasteiger partial charge in [0.15, 0.2) is 0 Å². The molecule has 3 rings (SSSR count). The maximum absolute atomic E-state index is 12.9. The molecule has 1 aromatic heterocycles. The average Bonchev–Trinajstić information content (AvgIpc) is 2.91. The highest BCUT2D eigenvalue weighted by atomic mass is 32.2. The second kappa shape index (κ2) is 6.02. The molecule has 0 amide bonds. The van der Waals surface area contributed by atoms with E-state index in [1.807, 2.05) is 44.2 Å². The van der Waals surface area contributed by atoms with E-state index in [4.69, 9.17) is 4.74 Å². The lowest BCUT2D eigenvalue weighted by Crippen LogP contribution is -2.35. The van der Waals surface area contributed by atoms with E-state index in [0.717, 1.165) is 22.6 Å². The van der Waals surface area contributed by atoms with Crippen LogP contribution in [-0.4, -0.2) is 25.4 Å². The van der Waals surface area contributed by atoms with Crippen molar-refractivity contribution in [1.82, 2.24) is 4.31 Å². The topological polar surface area (TPSA) is 46.6 Å². The minimum Gasteiger partial charge on any atom is -0.489 e. The van der Waals surface area contributed by atoms with E-state index in [0.29, 0.717) is 17.3 Å². The molecule has 6 heteroatoms. The first kappa shape index (κ1) is 15.5. The van der Waals surface area contributed by atoms with Crippen LogP contribution in [-0.2, 0) is 23.0 Å². The molecule has 1 aromatic carbocycles. The number of thiophene rings is 1. The zero-order chi connectivity index (χ0) is 15.7. The van der Waals surface area contributed by atoms with E-state index < -0.39 is 10.0 Å². The van der Waals surface area contributed by atoms with Gasteiger partial charge in [-0.25, -0.2) is 8.42 Å². The molecular weight excluding hydrogens is 318 g/mol. The van der Waals surface area contributed by atoms with Crippen molar-refractivity contribution in [2.24, 2.45) is 0 Å². The quantitative estimate of drug-likeness (QED) is 0.863. The summed E-state index contributed by atoms with van der Waals surface area (Å²) in [6.07, 6.45) is 0.673. The fourth-order valence-electron chi connectivity index (χ4n) is 2.54. The van der Waals surface area contributed by atoms with Gasteiger partial charge in [-0.15, -0.1) is 11.3 Å². The maximum atomic E-state index is 12.9. The number of ether oxygens (including phenoxy) is 1. The number of sulfonamides is 1. The molecule has 0 N–H and O–H groups in total. The molecule has 2 aromatic rings. The van der Waals surface area contributed by atoms with Crippen LogP contribution in [0.3, 0.4) is 0 Å². The number of aryl methyl sites for hydroxylation is 1. The Bertz CT molecular complexity index is 767. The number of hydrogen-bond donors (Lipinski definition) is 0. The smallest absolute Gasteiger partial charge is 0.252 e. The molecule has 118 valence electrons. The van der Waals surface area contributed by atoms with Crippen LogP contribution in [0.15, 0.2) is 40.6 Å². The van der Waals surface area contributed by atoms with Gasteiger partial charge >= 0.3 is 0 Å². The summed E-state index contributed by atoms with van der Waals surface area (Å²) in [6.45, 7) is 4.63. The molecule has 0 radical (unpaired) electrons. The highest BCUT2D eigenvalue weighted by molar-refractivity contribution is 7.91. The van der Waals surface area contributed by atoms with Crippen molar-refractivity contribution in [2.45, 2.75) is 37.1 Å². The Morgan fingerprint density at radius 3 is 2.77 bits per heavy atom. The Labute approximate surface area is 135 Å². The van der Waals surface area contributed by atoms with Crippen LogP contribution < -0.4 is 4.74 Å². The Kier molecular flexibility index (Phi) is 4.25. The van der Waals surface area contributed by atoms with Crippen molar-refractivity contribution in [3.63, 3.8) is 0 Å². The Morgan fingerprint density at radius 1 is 1.27 bits per heavy atom. The van der Waals surface area contributed by atoms with Gasteiger partial charge in [0.25, 0.3) is 10.0 Å². The van der Waals surface area contributed by atoms with Crippen molar-refractivity contribution >= 4 is 21.4 Å². The van der Waals surface area contributed by atoms with Crippen molar-refractivity contribution in [3.05, 3.63) is 46.8 Å². The minimum atomic E-state index is -3.48. The Morgan fingerprint density at radius 2 is 2.05 bits per heavy atom. The lowest BCUT2D eigenvalue weighted by molar-refractivity contribution is 0.201. The third-order valence-electron chi connectivity index (χ3n) is 3.69. The molecule has 1 atom stereocenters. The molecule has 0 saturated carbocycles. The van der Waals surface area contributed by atoms with E-state index in [1.54, 1.807) is 6.07 Å². The first-order chi connectivity index (χ1) is 10.5. The normalized spacial score (nSPS) is 19.3. The standard InChI is InChI=1S/C16H19NO3S2/c1-3-14-8-9-16(21-14)22(18,19)17-10-12(2)20-15-7-5-4-6-13(15)11-17/h4-9,12H,3,10-11H2,1-2H3. The van der Waals surface area contributed by atoms with Crippen LogP contribution in [0.25, 0.3) is 0 Å². The zero-order valence-electron chi connectivity index (χ0n) is 12.7. The van der Waals surface area contributed by atoms with E-state index in [1.165, 1.54) is 15.6 Å². The molecule has 0 aliphatic carbocycles. The third kappa shape index (κ3) is 2.91. The van der Waals surface area contributed by atoms with Crippen molar-refractivity contribution < 1.29 is 13.2 Å². The summed E-state index contributed by atoms with van der Waals surface area (Å²) in [6, 6.07) is 11.2. The largest absolute Gasteiger partial charge is 0.489 e. The second-order valence-corrected chi connectivity index (χ2v) is 8.74. The van der Waals surface area contributed by atoms with Gasteiger partial charge in [-0.05, 0) is 31.5 Å². The predicted molar refractivity (Wildman–Crippen MR) is 87.8 cm³/mol. The molecule has 0 saturated heterocycles. The first-order valence-corrected chi connectivity index (χ1v) is 9.59. The summed E-state index contributed by atoms with van der Waals surface area (Å²) in [5, 5.41) is 0. The van der Waals surface area contributed by atoms with E-state index in [2.05, 4.69) is 0 Å². The summed E-state index contributed by atoms with van der Waals surface area (Å²) in [5.74, 6) is 0.771. The molecule has 0 fully saturated rings. The molecule has 0 spiro atoms. The number of benzene rings is 1. The Balaban J connectivity index is 1.96. The van der Waals surface area contributed by atoms with Gasteiger partial charge in [-0.3, -0.25) is 0 Å². The molecule has 0 bridgehead atoms. The fourth-order valence-corrected chi connectivity index (χ4v) is 5.49. The fraction of sp³-hybridized carbons (Fsp3) is 0.375. The summed E-state index contributed by atoms with van der Waals surface area (Å²) in [4.78, 5) is 1.08. The first-order valence-electron chi connectivity index (χ1n) is 7.34. The Hall–Kier alpha value is -1.37. The number of para-hydroxylation sites is 1. The van der Waals surface area contributed by atoms with Gasteiger partial charge in [-0.2, -0.15) is 4.31 Å². The van der Waals surface area contributed by atoms with E-state index in [-0.39, 0.29) is 6.10 Å². The zero-order valence-corrected chi connectivity index (χ0v) is 14.3. The SMILES string of the molecule is CCc1ccc(S(=O)(=O)N2Cc3ccccc3OC(C)C2)s1. The monoisotopic (exact) mass is 337 g/mol. The summed E-state index contributed by atoms with van der Waals surface area (Å²) < 4.78 is 33.6. The second-order valence-electron chi connectivity index (χ2n) is 5.41. The van der Waals surface area contributed by atoms with Gasteiger partial charge in [0.2, 0.25) is 0 Å². The van der Waals surface area contributed by atoms with Crippen molar-refractivity contribution in [2.75, 3.05) is 6.54 Å². The minimum absolute atomic E-state index is 0.177. The lowest BCUT2D eigenvalue weighted by Gasteiger charge is -2.20. The summed E-state index contributed by atoms with van der Waals surface area (Å²) in [7, 11) is -3.48. The summed E-state index contributed by atoms with van der Waals surface area (Å²) in [5.41, 5.74) is 0.905. The average molecular weight is 337 g/mol. The van der Waals surface area contributed by atoms with Crippen LogP contribution in [0.5, 0.6) is 5.75 Å². The molecule has 22 heavy (non-hydrogen) atoms. The van der Waals surface area contributed by atoms with Gasteiger partial charge in [0.05, 0.1) is 6.54 Å². The third-order valence-corrected chi connectivity index (χ3v) is 7.20. The molecule has 4 nitrogen and oxygen atoms in total. The van der Waals surface area contributed by atoms with Crippen molar-refractivity contribution in [3.8, 4) is 5.75 Å². The lowest BCUT2D eigenvalue weighted by atomic mass is 10.2. The van der Waals surface area contributed by atoms with Crippen LogP contribution in [0.1, 0.15) is 24.3 Å². The van der Waals surface area contributed by atoms with Crippen LogP contribution >= 0.6 is 11.3 Å². The van der Waals surface area contributed by atoms with Crippen molar-refractivity contribution in [1.29, 1.82) is 0 Å². The molecular formula is C16H19NO3S2. The van der Waals surface area contributed by atoms with Gasteiger partial charge in [0, 0.05) is 17.0 Å². The highest BCUT2D eigenvalue weighted by Crippen LogP contribution is 2.31. The molecule has 1 unspecified atom stereocenters. The van der Waals surface area contributed by atoms with E-state index in [9.17, 15) is 8.42 Å². The number of rotatable bonds is 3. The summed E-state index contributed by atoms with van der Waals surface area (Å²) >= 11 is 1.35. The predicted octanol–water partition coefficient (Wildman–Crippen LogP) is 3.28. The molecule has 1 aliphatic rings. The number of fused-ring (bicyclic) bond motifs is 1. The van der Waals surface area contributed by atoms with Crippen LogP contribution in [0, 0.1) is 0 Å². The highest BCUT2D eigenvalue weighted by Gasteiger charge is 2.31. The van der Waals surface area contributed by atoms with Crippen LogP contribution in [0.4, 0.5) is 0 Å². The maximum Gasteiger partial charge on any atom is 0.252 e. The number of hydrogen-bond acceptors (Lipinski definition) is 4. The molecule has 2 heterocycles.